The molecule has 2 atom stereocenters. The van der Waals surface area contributed by atoms with Gasteiger partial charge >= 0.3 is 5.97 Å². The van der Waals surface area contributed by atoms with Crippen LogP contribution in [0.3, 0.4) is 0 Å². The predicted octanol–water partition coefficient (Wildman–Crippen LogP) is 19.8. The number of esters is 1. The summed E-state index contributed by atoms with van der Waals surface area (Å²) >= 11 is 0. The second-order valence-corrected chi connectivity index (χ2v) is 21.7. The summed E-state index contributed by atoms with van der Waals surface area (Å²) in [7, 11) is 0. The van der Waals surface area contributed by atoms with Gasteiger partial charge in [-0.05, 0) is 64.2 Å². The van der Waals surface area contributed by atoms with E-state index in [1.54, 1.807) is 6.08 Å². The standard InChI is InChI=1S/C64H123NO5/c1-3-5-7-9-11-13-15-17-19-21-23-24-25-26-27-28-30-32-36-40-44-48-52-56-62(67)61(60-66)65-63(68)57-53-49-45-41-37-34-35-39-43-47-51-55-59-70-64(69)58-54-50-46-42-38-33-31-29-22-20-18-16-14-12-10-8-6-4-2/h35,39,52,56,61-62,66-67H,3-34,36-38,40-51,53-55,57-60H2,1-2H3,(H,65,68)/b39-35-,56-52+. The summed E-state index contributed by atoms with van der Waals surface area (Å²) in [6.07, 6.45) is 73.6. The van der Waals surface area contributed by atoms with Gasteiger partial charge in [-0.25, -0.2) is 0 Å². The van der Waals surface area contributed by atoms with Gasteiger partial charge in [0.05, 0.1) is 25.4 Å². The Hall–Kier alpha value is -1.66. The molecule has 0 heterocycles. The smallest absolute Gasteiger partial charge is 0.305 e. The molecule has 0 aliphatic carbocycles. The highest BCUT2D eigenvalue weighted by Gasteiger charge is 2.18. The van der Waals surface area contributed by atoms with Gasteiger partial charge in [-0.1, -0.05) is 295 Å². The fourth-order valence-electron chi connectivity index (χ4n) is 9.87. The summed E-state index contributed by atoms with van der Waals surface area (Å²) in [5, 5.41) is 23.2. The number of aliphatic hydroxyl groups excluding tert-OH is 2. The van der Waals surface area contributed by atoms with E-state index in [1.165, 1.54) is 244 Å². The van der Waals surface area contributed by atoms with E-state index in [-0.39, 0.29) is 18.5 Å². The first kappa shape index (κ1) is 68.3. The average molecular weight is 987 g/mol. The molecule has 70 heavy (non-hydrogen) atoms. The van der Waals surface area contributed by atoms with Crippen molar-refractivity contribution < 1.29 is 24.5 Å². The zero-order chi connectivity index (χ0) is 50.7. The summed E-state index contributed by atoms with van der Waals surface area (Å²) in [6, 6.07) is -0.647. The first-order valence-electron chi connectivity index (χ1n) is 31.6. The molecule has 0 aromatic carbocycles. The lowest BCUT2D eigenvalue weighted by molar-refractivity contribution is -0.143. The SMILES string of the molecule is CCCCCCCCCCCCCCCCCCCCCCC/C=C/C(O)C(CO)NC(=O)CCCCCCC/C=C\CCCCCOC(=O)CCCCCCCCCCCCCCCCCCCC. The maximum atomic E-state index is 12.5. The molecule has 3 N–H and O–H groups in total. The van der Waals surface area contributed by atoms with Crippen LogP contribution in [0, 0.1) is 0 Å². The zero-order valence-electron chi connectivity index (χ0n) is 47.3. The minimum absolute atomic E-state index is 0.0191. The molecule has 0 rings (SSSR count). The number of aliphatic hydroxyl groups is 2. The molecule has 2 unspecified atom stereocenters. The molecule has 0 aliphatic heterocycles. The van der Waals surface area contributed by atoms with Crippen LogP contribution in [0.25, 0.3) is 0 Å². The lowest BCUT2D eigenvalue weighted by Crippen LogP contribution is -2.45. The largest absolute Gasteiger partial charge is 0.466 e. The van der Waals surface area contributed by atoms with Crippen LogP contribution < -0.4 is 5.32 Å². The molecule has 0 aromatic heterocycles. The second kappa shape index (κ2) is 59.9. The summed E-state index contributed by atoms with van der Waals surface area (Å²) in [6.45, 7) is 4.88. The fourth-order valence-corrected chi connectivity index (χ4v) is 9.87. The van der Waals surface area contributed by atoms with E-state index >= 15 is 0 Å². The lowest BCUT2D eigenvalue weighted by atomic mass is 10.0. The number of amides is 1. The maximum Gasteiger partial charge on any atom is 0.305 e. The van der Waals surface area contributed by atoms with E-state index in [0.29, 0.717) is 19.4 Å². The van der Waals surface area contributed by atoms with Crippen molar-refractivity contribution in [3.05, 3.63) is 24.3 Å². The number of ether oxygens (including phenoxy) is 1. The quantitative estimate of drug-likeness (QED) is 0.0321. The highest BCUT2D eigenvalue weighted by atomic mass is 16.5. The molecule has 0 aliphatic rings. The highest BCUT2D eigenvalue weighted by Crippen LogP contribution is 2.18. The number of unbranched alkanes of at least 4 members (excludes halogenated alkanes) is 46. The third kappa shape index (κ3) is 55.7. The van der Waals surface area contributed by atoms with E-state index in [1.807, 2.05) is 6.08 Å². The van der Waals surface area contributed by atoms with E-state index in [9.17, 15) is 19.8 Å². The van der Waals surface area contributed by atoms with Gasteiger partial charge < -0.3 is 20.3 Å². The van der Waals surface area contributed by atoms with E-state index in [2.05, 4.69) is 31.3 Å². The Kier molecular flexibility index (Phi) is 58.5. The van der Waals surface area contributed by atoms with Crippen molar-refractivity contribution in [2.24, 2.45) is 0 Å². The molecule has 0 saturated heterocycles. The molecule has 0 bridgehead atoms. The van der Waals surface area contributed by atoms with Crippen LogP contribution in [0.15, 0.2) is 24.3 Å². The second-order valence-electron chi connectivity index (χ2n) is 21.7. The fraction of sp³-hybridized carbons (Fsp3) is 0.906. The summed E-state index contributed by atoms with van der Waals surface area (Å²) in [5.41, 5.74) is 0. The maximum absolute atomic E-state index is 12.5. The number of nitrogens with one attached hydrogen (secondary N) is 1. The van der Waals surface area contributed by atoms with Crippen molar-refractivity contribution in [2.75, 3.05) is 13.2 Å². The van der Waals surface area contributed by atoms with Crippen molar-refractivity contribution in [3.63, 3.8) is 0 Å². The van der Waals surface area contributed by atoms with Gasteiger partial charge in [0, 0.05) is 12.8 Å². The Labute approximate surface area is 437 Å². The highest BCUT2D eigenvalue weighted by molar-refractivity contribution is 5.76. The Morgan fingerprint density at radius 3 is 1.01 bits per heavy atom. The number of hydrogen-bond donors (Lipinski definition) is 3. The number of carbonyl (C=O) groups excluding carboxylic acids is 2. The molecule has 6 heteroatoms. The molecular formula is C64H123NO5. The zero-order valence-corrected chi connectivity index (χ0v) is 47.3. The number of carbonyl (C=O) groups is 2. The molecule has 0 spiro atoms. The van der Waals surface area contributed by atoms with Crippen LogP contribution >= 0.6 is 0 Å². The van der Waals surface area contributed by atoms with Gasteiger partial charge in [0.15, 0.2) is 0 Å². The van der Waals surface area contributed by atoms with Gasteiger partial charge in [-0.3, -0.25) is 9.59 Å². The van der Waals surface area contributed by atoms with Crippen molar-refractivity contribution in [3.8, 4) is 0 Å². The van der Waals surface area contributed by atoms with Crippen LogP contribution in [-0.2, 0) is 14.3 Å². The lowest BCUT2D eigenvalue weighted by Gasteiger charge is -2.20. The van der Waals surface area contributed by atoms with E-state index in [4.69, 9.17) is 4.74 Å². The number of hydrogen-bond acceptors (Lipinski definition) is 5. The van der Waals surface area contributed by atoms with Crippen LogP contribution in [0.4, 0.5) is 0 Å². The summed E-state index contributed by atoms with van der Waals surface area (Å²) in [4.78, 5) is 24.6. The molecule has 0 saturated carbocycles. The first-order chi connectivity index (χ1) is 34.5. The topological polar surface area (TPSA) is 95.9 Å². The van der Waals surface area contributed by atoms with Gasteiger partial charge in [-0.2, -0.15) is 0 Å². The van der Waals surface area contributed by atoms with Crippen LogP contribution in [0.5, 0.6) is 0 Å². The summed E-state index contributed by atoms with van der Waals surface area (Å²) < 4.78 is 5.47. The van der Waals surface area contributed by atoms with E-state index < -0.39 is 12.1 Å². The Bertz CT molecular complexity index is 1090. The van der Waals surface area contributed by atoms with E-state index in [0.717, 1.165) is 77.0 Å². The molecule has 414 valence electrons. The van der Waals surface area contributed by atoms with Crippen molar-refractivity contribution >= 4 is 11.9 Å². The van der Waals surface area contributed by atoms with Crippen molar-refractivity contribution in [1.82, 2.24) is 5.32 Å². The van der Waals surface area contributed by atoms with Gasteiger partial charge in [0.25, 0.3) is 0 Å². The van der Waals surface area contributed by atoms with Crippen LogP contribution in [0.1, 0.15) is 348 Å². The monoisotopic (exact) mass is 986 g/mol. The Morgan fingerprint density at radius 1 is 0.386 bits per heavy atom. The van der Waals surface area contributed by atoms with Crippen LogP contribution in [0.2, 0.25) is 0 Å². The van der Waals surface area contributed by atoms with Crippen LogP contribution in [-0.4, -0.2) is 47.4 Å². The minimum Gasteiger partial charge on any atom is -0.466 e. The first-order valence-corrected chi connectivity index (χ1v) is 31.6. The van der Waals surface area contributed by atoms with Gasteiger partial charge in [0.2, 0.25) is 5.91 Å². The minimum atomic E-state index is -0.861. The molecule has 6 nitrogen and oxygen atoms in total. The predicted molar refractivity (Wildman–Crippen MR) is 306 cm³/mol. The molecule has 0 radical (unpaired) electrons. The molecular weight excluding hydrogens is 863 g/mol. The average Bonchev–Trinajstić information content (AvgIpc) is 3.36. The Morgan fingerprint density at radius 2 is 0.671 bits per heavy atom. The summed E-state index contributed by atoms with van der Waals surface area (Å²) in [5.74, 6) is -0.109. The molecule has 0 fully saturated rings. The normalized spacial score (nSPS) is 12.7. The van der Waals surface area contributed by atoms with Gasteiger partial charge in [0.1, 0.15) is 0 Å². The number of rotatable bonds is 59. The van der Waals surface area contributed by atoms with Crippen molar-refractivity contribution in [1.29, 1.82) is 0 Å². The molecule has 1 amide bonds. The number of allylic oxidation sites excluding steroid dienone is 3. The van der Waals surface area contributed by atoms with Gasteiger partial charge in [-0.15, -0.1) is 0 Å². The Balaban J connectivity index is 3.50. The third-order valence-electron chi connectivity index (χ3n) is 14.7. The van der Waals surface area contributed by atoms with Crippen molar-refractivity contribution in [2.45, 2.75) is 360 Å². The third-order valence-corrected chi connectivity index (χ3v) is 14.7. The molecule has 0 aromatic rings.